The van der Waals surface area contributed by atoms with E-state index >= 15 is 0 Å². The van der Waals surface area contributed by atoms with Crippen molar-refractivity contribution < 1.29 is 13.2 Å². The summed E-state index contributed by atoms with van der Waals surface area (Å²) in [5.74, 6) is 0.881. The number of rotatable bonds is 3. The van der Waals surface area contributed by atoms with E-state index in [1.807, 2.05) is 13.8 Å². The van der Waals surface area contributed by atoms with E-state index in [1.165, 1.54) is 10.7 Å². The van der Waals surface area contributed by atoms with Crippen molar-refractivity contribution in [2.75, 3.05) is 5.32 Å². The van der Waals surface area contributed by atoms with Gasteiger partial charge >= 0.3 is 6.18 Å². The van der Waals surface area contributed by atoms with Crippen molar-refractivity contribution in [3.05, 3.63) is 45.4 Å². The number of hydrogen-bond acceptors (Lipinski definition) is 6. The van der Waals surface area contributed by atoms with Gasteiger partial charge in [0.05, 0.1) is 22.5 Å². The third kappa shape index (κ3) is 3.08. The molecule has 0 radical (unpaired) electrons. The predicted octanol–water partition coefficient (Wildman–Crippen LogP) is 4.64. The highest BCUT2D eigenvalue weighted by atomic mass is 35.5. The molecule has 0 fully saturated rings. The van der Waals surface area contributed by atoms with Crippen molar-refractivity contribution in [2.24, 2.45) is 0 Å². The minimum absolute atomic E-state index is 0.114. The molecule has 0 saturated carbocycles. The van der Waals surface area contributed by atoms with E-state index in [2.05, 4.69) is 25.5 Å². The summed E-state index contributed by atoms with van der Waals surface area (Å²) < 4.78 is 40.4. The number of fused-ring (bicyclic) bond motifs is 2. The Morgan fingerprint density at radius 2 is 2.00 bits per heavy atom. The zero-order valence-electron chi connectivity index (χ0n) is 14.1. The number of hydrogen-bond donors (Lipinski definition) is 1. The summed E-state index contributed by atoms with van der Waals surface area (Å²) in [6.07, 6.45) is -2.13. The molecule has 1 N–H and O–H groups in total. The van der Waals surface area contributed by atoms with Gasteiger partial charge in [-0.2, -0.15) is 13.2 Å². The maximum atomic E-state index is 13.1. The predicted molar refractivity (Wildman–Crippen MR) is 97.2 cm³/mol. The maximum absolute atomic E-state index is 13.1. The molecule has 0 amide bonds. The molecule has 27 heavy (non-hydrogen) atoms. The van der Waals surface area contributed by atoms with Crippen molar-refractivity contribution in [3.8, 4) is 0 Å². The topological polar surface area (TPSA) is 68.0 Å². The molecule has 6 nitrogen and oxygen atoms in total. The standard InChI is InChI=1S/C16H12ClF3N6S/c1-7-8(2)27-15-12(7)13(22-6-23-15)21-4-11-24-25-14-10(17)3-9(5-26(11)14)16(18,19)20/h3,5-6H,4H2,1-2H3,(H,21,22,23). The zero-order valence-corrected chi connectivity index (χ0v) is 15.7. The van der Waals surface area contributed by atoms with E-state index in [1.54, 1.807) is 11.3 Å². The Kier molecular flexibility index (Phi) is 4.19. The van der Waals surface area contributed by atoms with Gasteiger partial charge in [0.25, 0.3) is 0 Å². The Hall–Kier alpha value is -2.46. The lowest BCUT2D eigenvalue weighted by Crippen LogP contribution is -2.10. The molecule has 0 atom stereocenters. The highest BCUT2D eigenvalue weighted by Crippen LogP contribution is 2.34. The molecule has 4 rings (SSSR count). The van der Waals surface area contributed by atoms with Gasteiger partial charge in [0.2, 0.25) is 0 Å². The molecule has 4 aromatic rings. The Balaban J connectivity index is 1.72. The molecule has 0 aromatic carbocycles. The summed E-state index contributed by atoms with van der Waals surface area (Å²) in [7, 11) is 0. The Morgan fingerprint density at radius 3 is 2.74 bits per heavy atom. The lowest BCUT2D eigenvalue weighted by molar-refractivity contribution is -0.137. The smallest absolute Gasteiger partial charge is 0.362 e. The first-order valence-corrected chi connectivity index (χ1v) is 9.00. The lowest BCUT2D eigenvalue weighted by Gasteiger charge is -2.10. The molecule has 4 aromatic heterocycles. The van der Waals surface area contributed by atoms with Crippen molar-refractivity contribution in [1.82, 2.24) is 24.6 Å². The van der Waals surface area contributed by atoms with Crippen LogP contribution in [0, 0.1) is 13.8 Å². The average Bonchev–Trinajstić information content (AvgIpc) is 3.14. The molecule has 0 aliphatic carbocycles. The van der Waals surface area contributed by atoms with Crippen LogP contribution in [0.5, 0.6) is 0 Å². The number of pyridine rings is 1. The molecule has 0 spiro atoms. The number of aromatic nitrogens is 5. The second-order valence-corrected chi connectivity index (χ2v) is 7.53. The van der Waals surface area contributed by atoms with Crippen molar-refractivity contribution in [1.29, 1.82) is 0 Å². The Bertz CT molecular complexity index is 1170. The number of nitrogens with zero attached hydrogens (tertiary/aromatic N) is 5. The summed E-state index contributed by atoms with van der Waals surface area (Å²) in [5.41, 5.74) is 0.359. The summed E-state index contributed by atoms with van der Waals surface area (Å²) >= 11 is 7.50. The second-order valence-electron chi connectivity index (χ2n) is 5.92. The van der Waals surface area contributed by atoms with Crippen LogP contribution in [-0.4, -0.2) is 24.6 Å². The van der Waals surface area contributed by atoms with E-state index in [0.717, 1.165) is 32.9 Å². The van der Waals surface area contributed by atoms with E-state index in [-0.39, 0.29) is 23.0 Å². The fourth-order valence-corrected chi connectivity index (χ4v) is 4.00. The van der Waals surface area contributed by atoms with Gasteiger partial charge in [-0.05, 0) is 25.5 Å². The Morgan fingerprint density at radius 1 is 1.22 bits per heavy atom. The molecule has 0 saturated heterocycles. The summed E-state index contributed by atoms with van der Waals surface area (Å²) in [6.45, 7) is 4.10. The van der Waals surface area contributed by atoms with Gasteiger partial charge in [0.15, 0.2) is 11.5 Å². The van der Waals surface area contributed by atoms with Crippen molar-refractivity contribution in [3.63, 3.8) is 0 Å². The lowest BCUT2D eigenvalue weighted by atomic mass is 10.2. The molecule has 140 valence electrons. The van der Waals surface area contributed by atoms with Gasteiger partial charge in [-0.15, -0.1) is 21.5 Å². The van der Waals surface area contributed by atoms with Crippen LogP contribution in [0.15, 0.2) is 18.6 Å². The fraction of sp³-hybridized carbons (Fsp3) is 0.250. The van der Waals surface area contributed by atoms with E-state index in [9.17, 15) is 13.2 Å². The Labute approximate surface area is 160 Å². The van der Waals surface area contributed by atoms with Crippen LogP contribution in [0.4, 0.5) is 19.0 Å². The van der Waals surface area contributed by atoms with Gasteiger partial charge in [0, 0.05) is 11.1 Å². The quantitative estimate of drug-likeness (QED) is 0.531. The first-order chi connectivity index (χ1) is 12.8. The summed E-state index contributed by atoms with van der Waals surface area (Å²) in [6, 6.07) is 0.841. The molecule has 0 unspecified atom stereocenters. The number of halogens is 4. The number of aryl methyl sites for hydroxylation is 2. The number of thiophene rings is 1. The first kappa shape index (κ1) is 17.9. The van der Waals surface area contributed by atoms with Gasteiger partial charge in [-0.25, -0.2) is 9.97 Å². The summed E-state index contributed by atoms with van der Waals surface area (Å²) in [4.78, 5) is 10.5. The minimum atomic E-state index is -4.52. The van der Waals surface area contributed by atoms with Crippen LogP contribution in [0.1, 0.15) is 21.8 Å². The second kappa shape index (κ2) is 6.31. The highest BCUT2D eigenvalue weighted by Gasteiger charge is 2.32. The maximum Gasteiger partial charge on any atom is 0.417 e. The van der Waals surface area contributed by atoms with E-state index < -0.39 is 11.7 Å². The molecule has 0 aliphatic heterocycles. The van der Waals surface area contributed by atoms with Crippen LogP contribution >= 0.6 is 22.9 Å². The van der Waals surface area contributed by atoms with Crippen LogP contribution in [0.3, 0.4) is 0 Å². The third-order valence-corrected chi connectivity index (χ3v) is 5.63. The van der Waals surface area contributed by atoms with Crippen molar-refractivity contribution in [2.45, 2.75) is 26.6 Å². The fourth-order valence-electron chi connectivity index (χ4n) is 2.75. The molecular formula is C16H12ClF3N6S. The molecular weight excluding hydrogens is 401 g/mol. The van der Waals surface area contributed by atoms with E-state index in [0.29, 0.717) is 5.82 Å². The number of nitrogens with one attached hydrogen (secondary N) is 1. The monoisotopic (exact) mass is 412 g/mol. The van der Waals surface area contributed by atoms with E-state index in [4.69, 9.17) is 11.6 Å². The van der Waals surface area contributed by atoms with Crippen molar-refractivity contribution >= 4 is 44.6 Å². The SMILES string of the molecule is Cc1sc2ncnc(NCc3nnc4c(Cl)cc(C(F)(F)F)cn34)c2c1C. The normalized spacial score (nSPS) is 12.2. The largest absolute Gasteiger partial charge is 0.417 e. The van der Waals surface area contributed by atoms with Gasteiger partial charge in [-0.3, -0.25) is 4.40 Å². The highest BCUT2D eigenvalue weighted by molar-refractivity contribution is 7.18. The average molecular weight is 413 g/mol. The van der Waals surface area contributed by atoms with Gasteiger partial charge in [-0.1, -0.05) is 11.6 Å². The minimum Gasteiger partial charge on any atom is -0.362 e. The van der Waals surface area contributed by atoms with Crippen LogP contribution in [0.2, 0.25) is 5.02 Å². The molecule has 4 heterocycles. The first-order valence-electron chi connectivity index (χ1n) is 7.80. The number of anilines is 1. The third-order valence-electron chi connectivity index (χ3n) is 4.24. The van der Waals surface area contributed by atoms with Crippen LogP contribution in [-0.2, 0) is 12.7 Å². The van der Waals surface area contributed by atoms with Crippen LogP contribution < -0.4 is 5.32 Å². The van der Waals surface area contributed by atoms with Gasteiger partial charge < -0.3 is 5.32 Å². The summed E-state index contributed by atoms with van der Waals surface area (Å²) in [5, 5.41) is 11.7. The zero-order chi connectivity index (χ0) is 19.3. The number of alkyl halides is 3. The van der Waals surface area contributed by atoms with Gasteiger partial charge in [0.1, 0.15) is 17.0 Å². The molecule has 11 heteroatoms. The molecule has 0 bridgehead atoms. The molecule has 0 aliphatic rings. The van der Waals surface area contributed by atoms with Crippen LogP contribution in [0.25, 0.3) is 15.9 Å².